The highest BCUT2D eigenvalue weighted by molar-refractivity contribution is 5.82. The van der Waals surface area contributed by atoms with Crippen molar-refractivity contribution in [3.05, 3.63) is 0 Å². The summed E-state index contributed by atoms with van der Waals surface area (Å²) in [6.45, 7) is 0. The average Bonchev–Trinajstić information content (AvgIpc) is 2.88. The summed E-state index contributed by atoms with van der Waals surface area (Å²) < 4.78 is 10.3. The van der Waals surface area contributed by atoms with Crippen LogP contribution in [0.1, 0.15) is 6.42 Å². The van der Waals surface area contributed by atoms with Crippen LogP contribution < -0.4 is 0 Å². The molecule has 2 heterocycles. The van der Waals surface area contributed by atoms with Gasteiger partial charge in [0, 0.05) is 0 Å². The van der Waals surface area contributed by atoms with E-state index in [4.69, 9.17) is 19.7 Å². The Bertz CT molecular complexity index is 339. The van der Waals surface area contributed by atoms with Crippen molar-refractivity contribution >= 4 is 11.9 Å². The van der Waals surface area contributed by atoms with Gasteiger partial charge in [-0.05, 0) is 6.42 Å². The summed E-state index contributed by atoms with van der Waals surface area (Å²) in [6, 6.07) is 0. The highest BCUT2D eigenvalue weighted by Gasteiger charge is 2.83. The zero-order valence-corrected chi connectivity index (χ0v) is 7.04. The van der Waals surface area contributed by atoms with Crippen molar-refractivity contribution in [2.24, 2.45) is 11.8 Å². The Balaban J connectivity index is 1.90. The van der Waals surface area contributed by atoms with Crippen LogP contribution in [-0.2, 0) is 19.1 Å². The van der Waals surface area contributed by atoms with Gasteiger partial charge >= 0.3 is 11.9 Å². The molecule has 1 spiro atoms. The summed E-state index contributed by atoms with van der Waals surface area (Å²) in [5.41, 5.74) is 0. The molecule has 76 valence electrons. The first-order valence-corrected chi connectivity index (χ1v) is 4.37. The smallest absolute Gasteiger partial charge is 0.310 e. The lowest BCUT2D eigenvalue weighted by molar-refractivity contribution is -0.155. The normalized spacial score (nSPS) is 52.9. The van der Waals surface area contributed by atoms with Crippen molar-refractivity contribution in [1.82, 2.24) is 0 Å². The van der Waals surface area contributed by atoms with Gasteiger partial charge in [0.1, 0.15) is 18.1 Å². The van der Waals surface area contributed by atoms with Gasteiger partial charge in [0.2, 0.25) is 5.79 Å². The lowest BCUT2D eigenvalue weighted by Gasteiger charge is -2.19. The Hall–Kier alpha value is -1.14. The van der Waals surface area contributed by atoms with E-state index >= 15 is 0 Å². The molecule has 5 unspecified atom stereocenters. The second kappa shape index (κ2) is 2.09. The minimum atomic E-state index is -1.12. The fraction of sp³-hybridized carbons (Fsp3) is 0.750. The predicted molar refractivity (Wildman–Crippen MR) is 39.3 cm³/mol. The number of rotatable bonds is 2. The topological polar surface area (TPSA) is 99.7 Å². The van der Waals surface area contributed by atoms with Gasteiger partial charge in [-0.2, -0.15) is 0 Å². The van der Waals surface area contributed by atoms with Crippen LogP contribution in [0.2, 0.25) is 0 Å². The van der Waals surface area contributed by atoms with Gasteiger partial charge in [0.15, 0.2) is 0 Å². The van der Waals surface area contributed by atoms with E-state index in [2.05, 4.69) is 0 Å². The highest BCUT2D eigenvalue weighted by atomic mass is 16.9. The summed E-state index contributed by atoms with van der Waals surface area (Å²) >= 11 is 0. The second-order valence-corrected chi connectivity index (χ2v) is 3.91. The molecule has 3 rings (SSSR count). The van der Waals surface area contributed by atoms with Gasteiger partial charge in [0.25, 0.3) is 0 Å². The molecule has 2 aliphatic heterocycles. The molecular formula is C8H8O6. The molecule has 5 atom stereocenters. The predicted octanol–water partition coefficient (Wildman–Crippen LogP) is -0.714. The van der Waals surface area contributed by atoms with E-state index in [0.29, 0.717) is 0 Å². The number of carboxylic acid groups (broad SMARTS) is 2. The van der Waals surface area contributed by atoms with Crippen molar-refractivity contribution in [3.63, 3.8) is 0 Å². The Morgan fingerprint density at radius 3 is 2.50 bits per heavy atom. The molecule has 1 saturated carbocycles. The number of ether oxygens (including phenoxy) is 2. The lowest BCUT2D eigenvalue weighted by Crippen LogP contribution is -2.39. The summed E-state index contributed by atoms with van der Waals surface area (Å²) in [5.74, 6) is -4.77. The minimum Gasteiger partial charge on any atom is -0.481 e. The van der Waals surface area contributed by atoms with Crippen molar-refractivity contribution < 1.29 is 29.3 Å². The van der Waals surface area contributed by atoms with Crippen molar-refractivity contribution in [2.45, 2.75) is 24.4 Å². The molecular weight excluding hydrogens is 192 g/mol. The summed E-state index contributed by atoms with van der Waals surface area (Å²) in [4.78, 5) is 21.7. The van der Waals surface area contributed by atoms with Crippen LogP contribution in [0.3, 0.4) is 0 Å². The number of carbonyl (C=O) groups is 2. The molecule has 14 heavy (non-hydrogen) atoms. The fourth-order valence-corrected chi connectivity index (χ4v) is 2.39. The lowest BCUT2D eigenvalue weighted by atomic mass is 9.79. The minimum absolute atomic E-state index is 0.204. The number of carboxylic acids is 2. The number of hydrogen-bond acceptors (Lipinski definition) is 4. The Morgan fingerprint density at radius 2 is 1.93 bits per heavy atom. The van der Waals surface area contributed by atoms with Gasteiger partial charge in [0.05, 0.1) is 5.92 Å². The van der Waals surface area contributed by atoms with E-state index in [-0.39, 0.29) is 12.5 Å². The van der Waals surface area contributed by atoms with Crippen LogP contribution >= 0.6 is 0 Å². The van der Waals surface area contributed by atoms with Crippen LogP contribution in [-0.4, -0.2) is 40.1 Å². The summed E-state index contributed by atoms with van der Waals surface area (Å²) in [5, 5.41) is 17.7. The first-order chi connectivity index (χ1) is 6.56. The van der Waals surface area contributed by atoms with E-state index < -0.39 is 35.7 Å². The molecule has 3 aliphatic rings. The quantitative estimate of drug-likeness (QED) is 0.571. The molecule has 3 fully saturated rings. The molecule has 0 radical (unpaired) electrons. The van der Waals surface area contributed by atoms with Gasteiger partial charge in [-0.25, -0.2) is 0 Å². The zero-order valence-electron chi connectivity index (χ0n) is 7.04. The highest BCUT2D eigenvalue weighted by Crippen LogP contribution is 2.64. The van der Waals surface area contributed by atoms with Gasteiger partial charge in [-0.3, -0.25) is 9.59 Å². The maximum atomic E-state index is 10.9. The molecule has 1 aliphatic carbocycles. The molecule has 0 amide bonds. The first kappa shape index (κ1) is 8.19. The first-order valence-electron chi connectivity index (χ1n) is 4.37. The monoisotopic (exact) mass is 200 g/mol. The maximum Gasteiger partial charge on any atom is 0.310 e. The van der Waals surface area contributed by atoms with Crippen LogP contribution in [0, 0.1) is 11.8 Å². The molecule has 2 saturated heterocycles. The van der Waals surface area contributed by atoms with E-state index in [1.165, 1.54) is 0 Å². The van der Waals surface area contributed by atoms with E-state index in [0.717, 1.165) is 0 Å². The Labute approximate surface area is 78.4 Å². The van der Waals surface area contributed by atoms with Gasteiger partial charge in [-0.15, -0.1) is 0 Å². The van der Waals surface area contributed by atoms with E-state index in [1.54, 1.807) is 0 Å². The molecule has 0 aromatic heterocycles. The van der Waals surface area contributed by atoms with E-state index in [9.17, 15) is 9.59 Å². The summed E-state index contributed by atoms with van der Waals surface area (Å²) in [7, 11) is 0. The van der Waals surface area contributed by atoms with Crippen LogP contribution in [0.15, 0.2) is 0 Å². The third kappa shape index (κ3) is 0.777. The van der Waals surface area contributed by atoms with Crippen molar-refractivity contribution in [2.75, 3.05) is 0 Å². The molecule has 2 N–H and O–H groups in total. The second-order valence-electron chi connectivity index (χ2n) is 3.91. The van der Waals surface area contributed by atoms with Gasteiger partial charge < -0.3 is 19.7 Å². The third-order valence-corrected chi connectivity index (χ3v) is 3.20. The molecule has 6 heteroatoms. The Morgan fingerprint density at radius 1 is 1.21 bits per heavy atom. The average molecular weight is 200 g/mol. The zero-order chi connectivity index (χ0) is 10.1. The van der Waals surface area contributed by atoms with Crippen LogP contribution in [0.25, 0.3) is 0 Å². The largest absolute Gasteiger partial charge is 0.481 e. The van der Waals surface area contributed by atoms with Crippen LogP contribution in [0.4, 0.5) is 0 Å². The van der Waals surface area contributed by atoms with Gasteiger partial charge in [-0.1, -0.05) is 0 Å². The SMILES string of the molecule is O=C(O)C1CC2OC23OC3C1C(=O)O. The molecule has 0 aromatic carbocycles. The van der Waals surface area contributed by atoms with Crippen molar-refractivity contribution in [1.29, 1.82) is 0 Å². The molecule has 0 aromatic rings. The van der Waals surface area contributed by atoms with Crippen molar-refractivity contribution in [3.8, 4) is 0 Å². The van der Waals surface area contributed by atoms with E-state index in [1.807, 2.05) is 0 Å². The standard InChI is InChI=1S/C8H8O6/c9-6(10)2-1-3-8(13-3)5(14-8)4(2)7(11)12/h2-5H,1H2,(H,9,10)(H,11,12). The molecule has 6 nitrogen and oxygen atoms in total. The number of aliphatic carboxylic acids is 2. The van der Waals surface area contributed by atoms with Crippen LogP contribution in [0.5, 0.6) is 0 Å². The fourth-order valence-electron chi connectivity index (χ4n) is 2.39. The Kier molecular flexibility index (Phi) is 1.22. The third-order valence-electron chi connectivity index (χ3n) is 3.20. The summed E-state index contributed by atoms with van der Waals surface area (Å²) in [6.07, 6.45) is -0.521. The number of hydrogen-bond donors (Lipinski definition) is 2. The number of epoxide rings is 2. The maximum absolute atomic E-state index is 10.9. The molecule has 0 bridgehead atoms.